The van der Waals surface area contributed by atoms with Gasteiger partial charge in [0.05, 0.1) is 11.6 Å². The monoisotopic (exact) mass is 381 g/mol. The standard InChI is InChI=1S/C19H31N3O3S/c1-14(2)12-22-13-16(9-10-20-26(23,24)21(5)6)18-8-7-17(11-19(18)22)25-15(3)4/h7-8,11,13-15,20H,9-10,12H2,1-6H3. The number of benzene rings is 1. The quantitative estimate of drug-likeness (QED) is 0.726. The molecule has 146 valence electrons. The van der Waals surface area contributed by atoms with E-state index < -0.39 is 10.2 Å². The zero-order valence-electron chi connectivity index (χ0n) is 16.6. The first kappa shape index (κ1) is 20.7. The number of hydrogen-bond acceptors (Lipinski definition) is 3. The molecule has 0 unspecified atom stereocenters. The number of rotatable bonds is 9. The van der Waals surface area contributed by atoms with E-state index >= 15 is 0 Å². The first-order valence-electron chi connectivity index (χ1n) is 9.05. The molecule has 7 heteroatoms. The first-order chi connectivity index (χ1) is 12.1. The van der Waals surface area contributed by atoms with Gasteiger partial charge in [0, 0.05) is 44.8 Å². The Bertz CT molecular complexity index is 839. The summed E-state index contributed by atoms with van der Waals surface area (Å²) in [7, 11) is -0.356. The third-order valence-electron chi connectivity index (χ3n) is 4.03. The van der Waals surface area contributed by atoms with E-state index in [9.17, 15) is 8.42 Å². The molecule has 0 aliphatic heterocycles. The molecule has 26 heavy (non-hydrogen) atoms. The van der Waals surface area contributed by atoms with Gasteiger partial charge in [-0.25, -0.2) is 4.72 Å². The molecule has 0 atom stereocenters. The summed E-state index contributed by atoms with van der Waals surface area (Å²) in [6.45, 7) is 9.67. The fourth-order valence-electron chi connectivity index (χ4n) is 2.88. The Morgan fingerprint density at radius 3 is 2.46 bits per heavy atom. The van der Waals surface area contributed by atoms with Gasteiger partial charge in [0.1, 0.15) is 5.75 Å². The van der Waals surface area contributed by atoms with Gasteiger partial charge in [-0.3, -0.25) is 0 Å². The molecule has 0 bridgehead atoms. The third kappa shape index (κ3) is 5.22. The van der Waals surface area contributed by atoms with E-state index in [1.54, 1.807) is 0 Å². The third-order valence-corrected chi connectivity index (χ3v) is 5.56. The van der Waals surface area contributed by atoms with Gasteiger partial charge in [-0.2, -0.15) is 12.7 Å². The minimum atomic E-state index is -3.40. The minimum absolute atomic E-state index is 0.126. The van der Waals surface area contributed by atoms with Crippen molar-refractivity contribution in [3.05, 3.63) is 30.0 Å². The zero-order valence-corrected chi connectivity index (χ0v) is 17.4. The molecule has 0 aliphatic carbocycles. The number of ether oxygens (including phenoxy) is 1. The van der Waals surface area contributed by atoms with Crippen LogP contribution in [-0.4, -0.2) is 44.0 Å². The molecule has 1 N–H and O–H groups in total. The van der Waals surface area contributed by atoms with E-state index in [2.05, 4.69) is 41.5 Å². The van der Waals surface area contributed by atoms with Crippen LogP contribution < -0.4 is 9.46 Å². The molecule has 1 heterocycles. The van der Waals surface area contributed by atoms with Crippen molar-refractivity contribution >= 4 is 21.1 Å². The number of aromatic nitrogens is 1. The van der Waals surface area contributed by atoms with Gasteiger partial charge in [-0.1, -0.05) is 13.8 Å². The Labute approximate surface area is 157 Å². The lowest BCUT2D eigenvalue weighted by Gasteiger charge is -2.12. The zero-order chi connectivity index (χ0) is 19.5. The Balaban J connectivity index is 2.28. The molecule has 1 aromatic carbocycles. The van der Waals surface area contributed by atoms with Gasteiger partial charge in [-0.15, -0.1) is 0 Å². The molecule has 0 spiro atoms. The van der Waals surface area contributed by atoms with Crippen LogP contribution >= 0.6 is 0 Å². The number of nitrogens with one attached hydrogen (secondary N) is 1. The number of nitrogens with zero attached hydrogens (tertiary/aromatic N) is 2. The van der Waals surface area contributed by atoms with Crippen LogP contribution in [0.1, 0.15) is 33.3 Å². The Kier molecular flexibility index (Phi) is 6.71. The predicted octanol–water partition coefficient (Wildman–Crippen LogP) is 3.02. The largest absolute Gasteiger partial charge is 0.491 e. The van der Waals surface area contributed by atoms with E-state index in [-0.39, 0.29) is 6.10 Å². The molecule has 1 aromatic heterocycles. The van der Waals surface area contributed by atoms with Crippen molar-refractivity contribution in [2.75, 3.05) is 20.6 Å². The van der Waals surface area contributed by atoms with Crippen LogP contribution in [-0.2, 0) is 23.2 Å². The van der Waals surface area contributed by atoms with Crippen molar-refractivity contribution in [2.24, 2.45) is 5.92 Å². The van der Waals surface area contributed by atoms with E-state index in [4.69, 9.17) is 4.74 Å². The summed E-state index contributed by atoms with van der Waals surface area (Å²) in [5.41, 5.74) is 2.26. The molecule has 0 saturated carbocycles. The number of fused-ring (bicyclic) bond motifs is 1. The smallest absolute Gasteiger partial charge is 0.278 e. The molecule has 0 amide bonds. The van der Waals surface area contributed by atoms with Gasteiger partial charge < -0.3 is 9.30 Å². The second kappa shape index (κ2) is 8.41. The highest BCUT2D eigenvalue weighted by Crippen LogP contribution is 2.27. The Hall–Kier alpha value is -1.57. The first-order valence-corrected chi connectivity index (χ1v) is 10.5. The average molecular weight is 382 g/mol. The summed E-state index contributed by atoms with van der Waals surface area (Å²) < 4.78 is 35.6. The van der Waals surface area contributed by atoms with Crippen molar-refractivity contribution < 1.29 is 13.2 Å². The Morgan fingerprint density at radius 1 is 1.19 bits per heavy atom. The van der Waals surface area contributed by atoms with E-state index in [0.29, 0.717) is 18.9 Å². The van der Waals surface area contributed by atoms with Gasteiger partial charge in [0.25, 0.3) is 10.2 Å². The van der Waals surface area contributed by atoms with Crippen LogP contribution in [0.5, 0.6) is 5.75 Å². The van der Waals surface area contributed by atoms with Gasteiger partial charge >= 0.3 is 0 Å². The van der Waals surface area contributed by atoms with Crippen LogP contribution in [0.4, 0.5) is 0 Å². The van der Waals surface area contributed by atoms with Crippen molar-refractivity contribution in [3.63, 3.8) is 0 Å². The van der Waals surface area contributed by atoms with E-state index in [1.807, 2.05) is 19.9 Å². The summed E-state index contributed by atoms with van der Waals surface area (Å²) in [6, 6.07) is 6.13. The summed E-state index contributed by atoms with van der Waals surface area (Å²) >= 11 is 0. The van der Waals surface area contributed by atoms with E-state index in [0.717, 1.165) is 28.8 Å². The summed E-state index contributed by atoms with van der Waals surface area (Å²) in [4.78, 5) is 0. The maximum atomic E-state index is 11.9. The summed E-state index contributed by atoms with van der Waals surface area (Å²) in [5.74, 6) is 1.37. The maximum Gasteiger partial charge on any atom is 0.278 e. The molecule has 0 fully saturated rings. The molecular formula is C19H31N3O3S. The fraction of sp³-hybridized carbons (Fsp3) is 0.579. The lowest BCUT2D eigenvalue weighted by atomic mass is 10.1. The highest BCUT2D eigenvalue weighted by atomic mass is 32.2. The maximum absolute atomic E-state index is 11.9. The van der Waals surface area contributed by atoms with Gasteiger partial charge in [0.15, 0.2) is 0 Å². The topological polar surface area (TPSA) is 63.6 Å². The lowest BCUT2D eigenvalue weighted by Crippen LogP contribution is -2.36. The Morgan fingerprint density at radius 2 is 1.88 bits per heavy atom. The second-order valence-corrected chi connectivity index (χ2v) is 9.45. The fourth-order valence-corrected chi connectivity index (χ4v) is 3.50. The molecule has 0 saturated heterocycles. The SMILES string of the molecule is CC(C)Cn1cc(CCNS(=O)(=O)N(C)C)c2ccc(OC(C)C)cc21. The highest BCUT2D eigenvalue weighted by Gasteiger charge is 2.14. The van der Waals surface area contributed by atoms with Gasteiger partial charge in [-0.05, 0) is 43.9 Å². The van der Waals surface area contributed by atoms with Gasteiger partial charge in [0.2, 0.25) is 0 Å². The van der Waals surface area contributed by atoms with Crippen molar-refractivity contribution in [2.45, 2.75) is 46.8 Å². The van der Waals surface area contributed by atoms with Crippen LogP contribution in [0.25, 0.3) is 10.9 Å². The molecular weight excluding hydrogens is 350 g/mol. The van der Waals surface area contributed by atoms with E-state index in [1.165, 1.54) is 18.4 Å². The van der Waals surface area contributed by atoms with Crippen molar-refractivity contribution in [3.8, 4) is 5.75 Å². The molecule has 0 radical (unpaired) electrons. The normalized spacial score (nSPS) is 12.7. The lowest BCUT2D eigenvalue weighted by molar-refractivity contribution is 0.242. The van der Waals surface area contributed by atoms with Crippen LogP contribution in [0.15, 0.2) is 24.4 Å². The van der Waals surface area contributed by atoms with Crippen molar-refractivity contribution in [1.29, 1.82) is 0 Å². The average Bonchev–Trinajstić information content (AvgIpc) is 2.83. The predicted molar refractivity (Wildman–Crippen MR) is 107 cm³/mol. The molecule has 2 rings (SSSR count). The second-order valence-electron chi connectivity index (χ2n) is 7.48. The molecule has 0 aliphatic rings. The number of hydrogen-bond donors (Lipinski definition) is 1. The van der Waals surface area contributed by atoms with Crippen LogP contribution in [0.3, 0.4) is 0 Å². The molecule has 6 nitrogen and oxygen atoms in total. The van der Waals surface area contributed by atoms with Crippen molar-refractivity contribution in [1.82, 2.24) is 13.6 Å². The minimum Gasteiger partial charge on any atom is -0.491 e. The summed E-state index contributed by atoms with van der Waals surface area (Å²) in [6.07, 6.45) is 2.90. The van der Waals surface area contributed by atoms with Crippen LogP contribution in [0, 0.1) is 5.92 Å². The summed E-state index contributed by atoms with van der Waals surface area (Å²) in [5, 5.41) is 1.14. The van der Waals surface area contributed by atoms with Crippen LogP contribution in [0.2, 0.25) is 0 Å². The molecule has 2 aromatic rings. The highest BCUT2D eigenvalue weighted by molar-refractivity contribution is 7.87.